The summed E-state index contributed by atoms with van der Waals surface area (Å²) >= 11 is 11.8. The van der Waals surface area contributed by atoms with Crippen LogP contribution in [0.2, 0.25) is 10.0 Å². The van der Waals surface area contributed by atoms with E-state index in [2.05, 4.69) is 9.97 Å². The minimum Gasteiger partial charge on any atom is -0.390 e. The number of aliphatic hydroxyl groups is 1. The number of benzene rings is 1. The van der Waals surface area contributed by atoms with Crippen LogP contribution in [0.3, 0.4) is 0 Å². The van der Waals surface area contributed by atoms with Gasteiger partial charge in [0.25, 0.3) is 0 Å². The first-order valence-corrected chi connectivity index (χ1v) is 5.34. The number of nitrogens with zero attached hydrogens (tertiary/aromatic N) is 2. The van der Waals surface area contributed by atoms with E-state index in [4.69, 9.17) is 28.3 Å². The molecular weight excluding hydrogens is 247 g/mol. The van der Waals surface area contributed by atoms with E-state index in [1.54, 1.807) is 30.5 Å². The number of hydrogen-bond acceptors (Lipinski definition) is 3. The molecule has 0 saturated heterocycles. The zero-order chi connectivity index (χ0) is 11.5. The lowest BCUT2D eigenvalue weighted by Gasteiger charge is -2.03. The summed E-state index contributed by atoms with van der Waals surface area (Å²) in [5.74, 6) is 0.496. The van der Waals surface area contributed by atoms with E-state index in [1.807, 2.05) is 0 Å². The van der Waals surface area contributed by atoms with E-state index in [-0.39, 0.29) is 6.61 Å². The van der Waals surface area contributed by atoms with Crippen molar-refractivity contribution in [2.24, 2.45) is 0 Å². The van der Waals surface area contributed by atoms with Crippen LogP contribution in [0.1, 0.15) is 5.69 Å². The van der Waals surface area contributed by atoms with Crippen LogP contribution >= 0.6 is 23.2 Å². The van der Waals surface area contributed by atoms with Crippen molar-refractivity contribution in [1.29, 1.82) is 0 Å². The van der Waals surface area contributed by atoms with Crippen LogP contribution < -0.4 is 0 Å². The molecule has 0 radical (unpaired) electrons. The first-order chi connectivity index (χ1) is 7.69. The van der Waals surface area contributed by atoms with Gasteiger partial charge in [-0.15, -0.1) is 0 Å². The largest absolute Gasteiger partial charge is 0.390 e. The molecule has 1 heterocycles. The van der Waals surface area contributed by atoms with Gasteiger partial charge >= 0.3 is 0 Å². The monoisotopic (exact) mass is 254 g/mol. The molecule has 0 aliphatic carbocycles. The van der Waals surface area contributed by atoms with Crippen LogP contribution in [0.4, 0.5) is 0 Å². The molecule has 1 N–H and O–H groups in total. The zero-order valence-electron chi connectivity index (χ0n) is 8.19. The quantitative estimate of drug-likeness (QED) is 0.897. The van der Waals surface area contributed by atoms with Gasteiger partial charge in [0.2, 0.25) is 0 Å². The van der Waals surface area contributed by atoms with Crippen LogP contribution in [0.25, 0.3) is 11.4 Å². The molecule has 0 aliphatic rings. The highest BCUT2D eigenvalue weighted by Gasteiger charge is 2.04. The minimum atomic E-state index is -0.121. The number of rotatable bonds is 2. The molecule has 0 spiro atoms. The topological polar surface area (TPSA) is 46.0 Å². The summed E-state index contributed by atoms with van der Waals surface area (Å²) < 4.78 is 0. The van der Waals surface area contributed by atoms with E-state index >= 15 is 0 Å². The van der Waals surface area contributed by atoms with Gasteiger partial charge in [0, 0.05) is 21.8 Å². The second kappa shape index (κ2) is 4.78. The Morgan fingerprint density at radius 1 is 1.12 bits per heavy atom. The number of hydrogen-bond donors (Lipinski definition) is 1. The van der Waals surface area contributed by atoms with Crippen molar-refractivity contribution in [2.45, 2.75) is 6.61 Å². The fourth-order valence-electron chi connectivity index (χ4n) is 1.31. The maximum absolute atomic E-state index is 8.98. The van der Waals surface area contributed by atoms with Crippen molar-refractivity contribution in [2.75, 3.05) is 0 Å². The standard InChI is InChI=1S/C11H8Cl2N2O/c12-8-3-7(4-9(13)5-8)11-14-2-1-10(6-16)15-11/h1-5,16H,6H2. The van der Waals surface area contributed by atoms with Gasteiger partial charge in [-0.3, -0.25) is 0 Å². The third-order valence-corrected chi connectivity index (χ3v) is 2.43. The van der Waals surface area contributed by atoms with Gasteiger partial charge in [0.1, 0.15) is 0 Å². The van der Waals surface area contributed by atoms with E-state index in [0.29, 0.717) is 21.6 Å². The minimum absolute atomic E-state index is 0.121. The lowest BCUT2D eigenvalue weighted by Crippen LogP contribution is -1.94. The molecule has 1 aromatic heterocycles. The molecule has 2 rings (SSSR count). The Bertz CT molecular complexity index is 497. The van der Waals surface area contributed by atoms with Crippen molar-refractivity contribution in [3.8, 4) is 11.4 Å². The van der Waals surface area contributed by atoms with Gasteiger partial charge in [-0.2, -0.15) is 0 Å². The Balaban J connectivity index is 2.49. The van der Waals surface area contributed by atoms with E-state index < -0.39 is 0 Å². The van der Waals surface area contributed by atoms with Gasteiger partial charge < -0.3 is 5.11 Å². The summed E-state index contributed by atoms with van der Waals surface area (Å²) in [6.07, 6.45) is 1.59. The molecule has 2 aromatic rings. The van der Waals surface area contributed by atoms with Gasteiger partial charge in [-0.05, 0) is 24.3 Å². The normalized spacial score (nSPS) is 10.4. The average Bonchev–Trinajstić information content (AvgIpc) is 2.28. The van der Waals surface area contributed by atoms with E-state index in [1.165, 1.54) is 0 Å². The maximum atomic E-state index is 8.98. The van der Waals surface area contributed by atoms with Gasteiger partial charge in [-0.25, -0.2) is 9.97 Å². The molecule has 3 nitrogen and oxygen atoms in total. The molecule has 0 bridgehead atoms. The van der Waals surface area contributed by atoms with Crippen LogP contribution in [0.15, 0.2) is 30.5 Å². The Morgan fingerprint density at radius 3 is 2.44 bits per heavy atom. The number of halogens is 2. The van der Waals surface area contributed by atoms with Crippen molar-refractivity contribution in [3.63, 3.8) is 0 Å². The molecule has 16 heavy (non-hydrogen) atoms. The molecule has 0 amide bonds. The fraction of sp³-hybridized carbons (Fsp3) is 0.0909. The third-order valence-electron chi connectivity index (χ3n) is 2.00. The molecule has 0 atom stereocenters. The second-order valence-electron chi connectivity index (χ2n) is 3.19. The molecule has 0 unspecified atom stereocenters. The van der Waals surface area contributed by atoms with Gasteiger partial charge in [0.05, 0.1) is 12.3 Å². The summed E-state index contributed by atoms with van der Waals surface area (Å²) in [6.45, 7) is -0.121. The molecule has 0 saturated carbocycles. The highest BCUT2D eigenvalue weighted by molar-refractivity contribution is 6.35. The first kappa shape index (κ1) is 11.3. The smallest absolute Gasteiger partial charge is 0.159 e. The molecule has 0 aliphatic heterocycles. The molecule has 5 heteroatoms. The lowest BCUT2D eigenvalue weighted by atomic mass is 10.2. The average molecular weight is 255 g/mol. The Morgan fingerprint density at radius 2 is 1.81 bits per heavy atom. The first-order valence-electron chi connectivity index (χ1n) is 4.58. The number of aromatic nitrogens is 2. The lowest BCUT2D eigenvalue weighted by molar-refractivity contribution is 0.277. The van der Waals surface area contributed by atoms with Crippen molar-refractivity contribution < 1.29 is 5.11 Å². The highest BCUT2D eigenvalue weighted by Crippen LogP contribution is 2.24. The zero-order valence-corrected chi connectivity index (χ0v) is 9.70. The van der Waals surface area contributed by atoms with Crippen LogP contribution in [0.5, 0.6) is 0 Å². The van der Waals surface area contributed by atoms with Gasteiger partial charge in [-0.1, -0.05) is 23.2 Å². The van der Waals surface area contributed by atoms with Crippen LogP contribution in [0, 0.1) is 0 Å². The van der Waals surface area contributed by atoms with Crippen molar-refractivity contribution in [3.05, 3.63) is 46.2 Å². The van der Waals surface area contributed by atoms with E-state index in [9.17, 15) is 0 Å². The summed E-state index contributed by atoms with van der Waals surface area (Å²) in [5, 5.41) is 10.0. The molecule has 0 fully saturated rings. The number of aliphatic hydroxyl groups excluding tert-OH is 1. The van der Waals surface area contributed by atoms with Crippen LogP contribution in [-0.2, 0) is 6.61 Å². The van der Waals surface area contributed by atoms with E-state index in [0.717, 1.165) is 5.56 Å². The highest BCUT2D eigenvalue weighted by atomic mass is 35.5. The fourth-order valence-corrected chi connectivity index (χ4v) is 1.83. The summed E-state index contributed by atoms with van der Waals surface area (Å²) in [5.41, 5.74) is 1.29. The maximum Gasteiger partial charge on any atom is 0.159 e. The third kappa shape index (κ3) is 2.50. The Kier molecular flexibility index (Phi) is 3.39. The van der Waals surface area contributed by atoms with Crippen LogP contribution in [-0.4, -0.2) is 15.1 Å². The molecule has 82 valence electrons. The predicted molar refractivity (Wildman–Crippen MR) is 63.4 cm³/mol. The summed E-state index contributed by atoms with van der Waals surface area (Å²) in [6, 6.07) is 6.74. The van der Waals surface area contributed by atoms with Crippen molar-refractivity contribution >= 4 is 23.2 Å². The van der Waals surface area contributed by atoms with Gasteiger partial charge in [0.15, 0.2) is 5.82 Å². The van der Waals surface area contributed by atoms with Crippen molar-refractivity contribution in [1.82, 2.24) is 9.97 Å². The molecular formula is C11H8Cl2N2O. The summed E-state index contributed by atoms with van der Waals surface area (Å²) in [7, 11) is 0. The summed E-state index contributed by atoms with van der Waals surface area (Å²) in [4.78, 5) is 8.27. The second-order valence-corrected chi connectivity index (χ2v) is 4.06. The Hall–Kier alpha value is -1.16. The predicted octanol–water partition coefficient (Wildman–Crippen LogP) is 2.94. The molecule has 1 aromatic carbocycles. The SMILES string of the molecule is OCc1ccnc(-c2cc(Cl)cc(Cl)c2)n1. The Labute approximate surface area is 103 Å².